The van der Waals surface area contributed by atoms with Gasteiger partial charge in [0.05, 0.1) is 11.9 Å². The number of aryl methyl sites for hydroxylation is 2. The van der Waals surface area contributed by atoms with Gasteiger partial charge in [0.15, 0.2) is 0 Å². The Morgan fingerprint density at radius 3 is 2.47 bits per heavy atom. The molecule has 1 aromatic carbocycles. The fourth-order valence-electron chi connectivity index (χ4n) is 1.88. The van der Waals surface area contributed by atoms with E-state index in [0.717, 1.165) is 16.9 Å². The molecule has 3 heteroatoms. The first-order valence-electron chi connectivity index (χ1n) is 6.48. The van der Waals surface area contributed by atoms with E-state index in [1.807, 2.05) is 19.9 Å². The maximum absolute atomic E-state index is 5.92. The Hall–Kier alpha value is -2.03. The molecule has 2 rings (SSSR count). The fraction of sp³-hybridized carbons (Fsp3) is 0.312. The summed E-state index contributed by atoms with van der Waals surface area (Å²) in [7, 11) is 0. The van der Waals surface area contributed by atoms with Crippen molar-refractivity contribution in [1.82, 2.24) is 4.98 Å². The zero-order chi connectivity index (χ0) is 14.0. The molecule has 0 bridgehead atoms. The number of hydrogen-bond donors (Lipinski definition) is 1. The van der Waals surface area contributed by atoms with E-state index in [9.17, 15) is 0 Å². The van der Waals surface area contributed by atoms with Crippen molar-refractivity contribution in [2.24, 2.45) is 0 Å². The number of anilines is 1. The third-order valence-corrected chi connectivity index (χ3v) is 3.14. The van der Waals surface area contributed by atoms with Gasteiger partial charge in [-0.05, 0) is 43.0 Å². The predicted octanol–water partition coefficient (Wildman–Crippen LogP) is 4.20. The molecule has 19 heavy (non-hydrogen) atoms. The van der Waals surface area contributed by atoms with Gasteiger partial charge in [-0.1, -0.05) is 26.0 Å². The zero-order valence-corrected chi connectivity index (χ0v) is 11.9. The molecule has 0 radical (unpaired) electrons. The number of pyridine rings is 1. The van der Waals surface area contributed by atoms with Gasteiger partial charge in [-0.15, -0.1) is 0 Å². The van der Waals surface area contributed by atoms with E-state index in [4.69, 9.17) is 10.5 Å². The van der Waals surface area contributed by atoms with Crippen LogP contribution in [-0.4, -0.2) is 4.98 Å². The van der Waals surface area contributed by atoms with Crippen LogP contribution in [0.15, 0.2) is 30.5 Å². The summed E-state index contributed by atoms with van der Waals surface area (Å²) in [5.74, 6) is 1.94. The van der Waals surface area contributed by atoms with E-state index in [2.05, 4.69) is 37.0 Å². The topological polar surface area (TPSA) is 48.1 Å². The number of nitrogen functional groups attached to an aromatic ring is 1. The smallest absolute Gasteiger partial charge is 0.222 e. The van der Waals surface area contributed by atoms with Crippen LogP contribution in [-0.2, 0) is 0 Å². The molecule has 1 heterocycles. The third kappa shape index (κ3) is 3.05. The minimum atomic E-state index is 0.475. The first-order valence-corrected chi connectivity index (χ1v) is 6.48. The van der Waals surface area contributed by atoms with Crippen molar-refractivity contribution in [3.63, 3.8) is 0 Å². The summed E-state index contributed by atoms with van der Waals surface area (Å²) in [5.41, 5.74) is 9.64. The molecule has 2 N–H and O–H groups in total. The first kappa shape index (κ1) is 13.4. The summed E-state index contributed by atoms with van der Waals surface area (Å²) < 4.78 is 5.92. The molecule has 0 fully saturated rings. The van der Waals surface area contributed by atoms with Crippen molar-refractivity contribution in [3.8, 4) is 11.6 Å². The fourth-order valence-corrected chi connectivity index (χ4v) is 1.88. The van der Waals surface area contributed by atoms with Crippen molar-refractivity contribution in [2.75, 3.05) is 5.73 Å². The Kier molecular flexibility index (Phi) is 3.74. The maximum atomic E-state index is 5.92. The molecule has 0 saturated heterocycles. The SMILES string of the molecule is Cc1ccc(C(C)C)cc1Oc1ncc(N)cc1C. The van der Waals surface area contributed by atoms with Gasteiger partial charge in [0.1, 0.15) is 5.75 Å². The van der Waals surface area contributed by atoms with E-state index in [1.54, 1.807) is 6.20 Å². The molecule has 1 aromatic heterocycles. The minimum absolute atomic E-state index is 0.475. The van der Waals surface area contributed by atoms with Crippen LogP contribution in [0.1, 0.15) is 36.5 Å². The normalized spacial score (nSPS) is 10.8. The average molecular weight is 256 g/mol. The second-order valence-electron chi connectivity index (χ2n) is 5.17. The molecule has 0 spiro atoms. The van der Waals surface area contributed by atoms with Gasteiger partial charge in [-0.3, -0.25) is 0 Å². The van der Waals surface area contributed by atoms with Gasteiger partial charge >= 0.3 is 0 Å². The van der Waals surface area contributed by atoms with Crippen LogP contribution in [0.2, 0.25) is 0 Å². The second kappa shape index (κ2) is 5.31. The molecule has 0 unspecified atom stereocenters. The van der Waals surface area contributed by atoms with Crippen LogP contribution in [0.25, 0.3) is 0 Å². The van der Waals surface area contributed by atoms with E-state index in [1.165, 1.54) is 5.56 Å². The molecular formula is C16H20N2O. The van der Waals surface area contributed by atoms with Crippen LogP contribution in [0.4, 0.5) is 5.69 Å². The molecule has 0 amide bonds. The lowest BCUT2D eigenvalue weighted by Crippen LogP contribution is -1.97. The van der Waals surface area contributed by atoms with Crippen molar-refractivity contribution in [2.45, 2.75) is 33.6 Å². The minimum Gasteiger partial charge on any atom is -0.438 e. The van der Waals surface area contributed by atoms with Crippen molar-refractivity contribution in [1.29, 1.82) is 0 Å². The number of nitrogens with two attached hydrogens (primary N) is 1. The van der Waals surface area contributed by atoms with Gasteiger partial charge in [0.25, 0.3) is 0 Å². The Balaban J connectivity index is 2.34. The maximum Gasteiger partial charge on any atom is 0.222 e. The molecule has 0 atom stereocenters. The molecular weight excluding hydrogens is 236 g/mol. The summed E-state index contributed by atoms with van der Waals surface area (Å²) in [5, 5.41) is 0. The third-order valence-electron chi connectivity index (χ3n) is 3.14. The lowest BCUT2D eigenvalue weighted by molar-refractivity contribution is 0.455. The molecule has 3 nitrogen and oxygen atoms in total. The molecule has 0 aliphatic carbocycles. The molecule has 0 saturated carbocycles. The predicted molar refractivity (Wildman–Crippen MR) is 78.7 cm³/mol. The van der Waals surface area contributed by atoms with Crippen molar-refractivity contribution >= 4 is 5.69 Å². The van der Waals surface area contributed by atoms with Gasteiger partial charge in [0, 0.05) is 5.56 Å². The van der Waals surface area contributed by atoms with Crippen molar-refractivity contribution < 1.29 is 4.74 Å². The highest BCUT2D eigenvalue weighted by molar-refractivity contribution is 5.45. The van der Waals surface area contributed by atoms with Gasteiger partial charge in [-0.2, -0.15) is 0 Å². The van der Waals surface area contributed by atoms with E-state index >= 15 is 0 Å². The Morgan fingerprint density at radius 2 is 1.84 bits per heavy atom. The zero-order valence-electron chi connectivity index (χ0n) is 11.9. The lowest BCUT2D eigenvalue weighted by Gasteiger charge is -2.13. The number of hydrogen-bond acceptors (Lipinski definition) is 3. The number of aromatic nitrogens is 1. The van der Waals surface area contributed by atoms with Gasteiger partial charge < -0.3 is 10.5 Å². The van der Waals surface area contributed by atoms with E-state index in [-0.39, 0.29) is 0 Å². The average Bonchev–Trinajstić information content (AvgIpc) is 2.34. The quantitative estimate of drug-likeness (QED) is 0.895. The Bertz CT molecular complexity index is 591. The highest BCUT2D eigenvalue weighted by Gasteiger charge is 2.08. The first-order chi connectivity index (χ1) is 8.97. The van der Waals surface area contributed by atoms with Crippen LogP contribution >= 0.6 is 0 Å². The molecule has 100 valence electrons. The summed E-state index contributed by atoms with van der Waals surface area (Å²) in [6.45, 7) is 8.31. The Labute approximate surface area is 114 Å². The largest absolute Gasteiger partial charge is 0.438 e. The van der Waals surface area contributed by atoms with Crippen LogP contribution in [0.3, 0.4) is 0 Å². The van der Waals surface area contributed by atoms with E-state index in [0.29, 0.717) is 17.5 Å². The highest BCUT2D eigenvalue weighted by atomic mass is 16.5. The number of rotatable bonds is 3. The molecule has 0 aliphatic heterocycles. The van der Waals surface area contributed by atoms with Crippen LogP contribution in [0, 0.1) is 13.8 Å². The number of nitrogens with zero attached hydrogens (tertiary/aromatic N) is 1. The monoisotopic (exact) mass is 256 g/mol. The standard InChI is InChI=1S/C16H20N2O/c1-10(2)13-6-5-11(3)15(8-13)19-16-12(4)7-14(17)9-18-16/h5-10H,17H2,1-4H3. The summed E-state index contributed by atoms with van der Waals surface area (Å²) in [6.07, 6.45) is 1.62. The summed E-state index contributed by atoms with van der Waals surface area (Å²) in [4.78, 5) is 4.24. The van der Waals surface area contributed by atoms with Crippen LogP contribution < -0.4 is 10.5 Å². The second-order valence-corrected chi connectivity index (χ2v) is 5.17. The molecule has 0 aliphatic rings. The summed E-state index contributed by atoms with van der Waals surface area (Å²) >= 11 is 0. The lowest BCUT2D eigenvalue weighted by atomic mass is 10.0. The highest BCUT2D eigenvalue weighted by Crippen LogP contribution is 2.29. The van der Waals surface area contributed by atoms with Crippen LogP contribution in [0.5, 0.6) is 11.6 Å². The number of ether oxygens (including phenoxy) is 1. The van der Waals surface area contributed by atoms with Gasteiger partial charge in [0.2, 0.25) is 5.88 Å². The van der Waals surface area contributed by atoms with E-state index < -0.39 is 0 Å². The number of benzene rings is 1. The van der Waals surface area contributed by atoms with Gasteiger partial charge in [-0.25, -0.2) is 4.98 Å². The van der Waals surface area contributed by atoms with Crippen molar-refractivity contribution in [3.05, 3.63) is 47.2 Å². The summed E-state index contributed by atoms with van der Waals surface area (Å²) in [6, 6.07) is 8.16. The Morgan fingerprint density at radius 1 is 1.11 bits per heavy atom. The molecule has 2 aromatic rings.